The fourth-order valence-corrected chi connectivity index (χ4v) is 8.71. The molecule has 1 aromatic rings. The minimum atomic E-state index is -0.958. The van der Waals surface area contributed by atoms with Crippen LogP contribution in [0.2, 0.25) is 0 Å². The van der Waals surface area contributed by atoms with Crippen LogP contribution in [0.25, 0.3) is 0 Å². The molecule has 9 atom stereocenters. The number of fused-ring (bicyclic) bond motifs is 5. The summed E-state index contributed by atoms with van der Waals surface area (Å²) in [4.78, 5) is 23.7. The Hall–Kier alpha value is -2.02. The molecule has 6 heteroatoms. The van der Waals surface area contributed by atoms with Crippen LogP contribution in [0.15, 0.2) is 29.8 Å². The van der Waals surface area contributed by atoms with Crippen molar-refractivity contribution < 1.29 is 29.6 Å². The number of benzene rings is 1. The summed E-state index contributed by atoms with van der Waals surface area (Å²) < 4.78 is 6.36. The smallest absolute Gasteiger partial charge is 0.335 e. The molecule has 196 valence electrons. The number of rotatable bonds is 5. The number of hydrogen-bond acceptors (Lipinski definition) is 5. The topological polar surface area (TPSA) is 104 Å². The van der Waals surface area contributed by atoms with Crippen LogP contribution >= 0.6 is 0 Å². The fourth-order valence-electron chi connectivity index (χ4n) is 8.71. The number of carboxylic acid groups (broad SMARTS) is 1. The van der Waals surface area contributed by atoms with Gasteiger partial charge in [0.05, 0.1) is 24.4 Å². The summed E-state index contributed by atoms with van der Waals surface area (Å²) >= 11 is 0. The molecule has 1 aromatic carbocycles. The third-order valence-electron chi connectivity index (χ3n) is 10.7. The number of carbonyl (C=O) groups excluding carboxylic acids is 1. The lowest BCUT2D eigenvalue weighted by Crippen LogP contribution is -2.57. The predicted octanol–water partition coefficient (Wildman–Crippen LogP) is 4.69. The molecule has 0 spiro atoms. The highest BCUT2D eigenvalue weighted by atomic mass is 16.5. The van der Waals surface area contributed by atoms with Gasteiger partial charge in [-0.25, -0.2) is 4.79 Å². The first-order valence-corrected chi connectivity index (χ1v) is 13.5. The minimum Gasteiger partial charge on any atom is -0.478 e. The number of aliphatic hydroxyl groups is 2. The summed E-state index contributed by atoms with van der Waals surface area (Å²) in [6, 6.07) is 5.01. The second-order valence-corrected chi connectivity index (χ2v) is 12.4. The summed E-state index contributed by atoms with van der Waals surface area (Å²) in [6.07, 6.45) is 5.62. The number of ether oxygens (including phenoxy) is 1. The van der Waals surface area contributed by atoms with Crippen LogP contribution < -0.4 is 0 Å². The first kappa shape index (κ1) is 25.6. The van der Waals surface area contributed by atoms with Crippen molar-refractivity contribution in [2.75, 3.05) is 0 Å². The molecule has 0 radical (unpaired) electrons. The van der Waals surface area contributed by atoms with Crippen molar-refractivity contribution in [3.8, 4) is 0 Å². The molecule has 36 heavy (non-hydrogen) atoms. The SMILES string of the molecule is CC(=O)[C@H]1CCC2C3C(O)C=C4C(OCc5ccc(C(=O)O)cc5C)[C@@H](O)CC[C@]4(C)C3CC[C@@]21C. The van der Waals surface area contributed by atoms with Gasteiger partial charge in [0.15, 0.2) is 0 Å². The number of carbonyl (C=O) groups is 2. The number of aryl methyl sites for hydroxylation is 1. The summed E-state index contributed by atoms with van der Waals surface area (Å²) in [5.41, 5.74) is 2.79. The Balaban J connectivity index is 1.42. The Kier molecular flexibility index (Phi) is 6.46. The van der Waals surface area contributed by atoms with Gasteiger partial charge in [-0.3, -0.25) is 4.79 Å². The van der Waals surface area contributed by atoms with E-state index in [4.69, 9.17) is 4.74 Å². The first-order chi connectivity index (χ1) is 17.0. The van der Waals surface area contributed by atoms with E-state index in [1.807, 2.05) is 13.0 Å². The van der Waals surface area contributed by atoms with Crippen molar-refractivity contribution in [2.24, 2.45) is 34.5 Å². The van der Waals surface area contributed by atoms with Gasteiger partial charge in [-0.15, -0.1) is 0 Å². The van der Waals surface area contributed by atoms with E-state index in [1.54, 1.807) is 25.1 Å². The molecule has 4 aliphatic carbocycles. The summed E-state index contributed by atoms with van der Waals surface area (Å²) in [7, 11) is 0. The number of Topliss-reactive ketones (excluding diaryl/α,β-unsaturated/α-hetero) is 1. The normalized spacial score (nSPS) is 41.6. The highest BCUT2D eigenvalue weighted by Crippen LogP contribution is 2.66. The van der Waals surface area contributed by atoms with E-state index in [2.05, 4.69) is 13.8 Å². The maximum absolute atomic E-state index is 12.4. The van der Waals surface area contributed by atoms with Crippen LogP contribution in [0, 0.1) is 41.4 Å². The molecule has 3 N–H and O–H groups in total. The van der Waals surface area contributed by atoms with E-state index < -0.39 is 24.3 Å². The highest BCUT2D eigenvalue weighted by Gasteiger charge is 2.62. The number of aliphatic hydroxyl groups excluding tert-OH is 2. The van der Waals surface area contributed by atoms with E-state index in [9.17, 15) is 24.9 Å². The van der Waals surface area contributed by atoms with E-state index in [0.717, 1.165) is 48.8 Å². The van der Waals surface area contributed by atoms with E-state index in [1.165, 1.54) is 0 Å². The van der Waals surface area contributed by atoms with Crippen LogP contribution in [0.4, 0.5) is 0 Å². The van der Waals surface area contributed by atoms with Crippen LogP contribution in [-0.2, 0) is 16.1 Å². The fraction of sp³-hybridized carbons (Fsp3) is 0.667. The summed E-state index contributed by atoms with van der Waals surface area (Å²) in [5, 5.41) is 31.7. The monoisotopic (exact) mass is 496 g/mol. The molecule has 5 rings (SSSR count). The molecule has 5 unspecified atom stereocenters. The Morgan fingerprint density at radius 3 is 2.47 bits per heavy atom. The lowest BCUT2D eigenvalue weighted by molar-refractivity contribution is -0.135. The van der Waals surface area contributed by atoms with Gasteiger partial charge in [-0.05, 0) is 110 Å². The maximum Gasteiger partial charge on any atom is 0.335 e. The molecule has 0 heterocycles. The largest absolute Gasteiger partial charge is 0.478 e. The molecule has 3 saturated carbocycles. The Bertz CT molecular complexity index is 1090. The van der Waals surface area contributed by atoms with Crippen LogP contribution in [0.5, 0.6) is 0 Å². The highest BCUT2D eigenvalue weighted by molar-refractivity contribution is 5.87. The van der Waals surface area contributed by atoms with Crippen molar-refractivity contribution in [2.45, 2.75) is 91.1 Å². The van der Waals surface area contributed by atoms with E-state index in [-0.39, 0.29) is 40.6 Å². The molecule has 0 aromatic heterocycles. The Labute approximate surface area is 213 Å². The molecule has 4 aliphatic rings. The van der Waals surface area contributed by atoms with Crippen LogP contribution in [0.1, 0.15) is 80.8 Å². The van der Waals surface area contributed by atoms with Gasteiger partial charge in [-0.2, -0.15) is 0 Å². The predicted molar refractivity (Wildman–Crippen MR) is 135 cm³/mol. The van der Waals surface area contributed by atoms with Crippen molar-refractivity contribution in [3.63, 3.8) is 0 Å². The second-order valence-electron chi connectivity index (χ2n) is 12.4. The van der Waals surface area contributed by atoms with Gasteiger partial charge in [0, 0.05) is 5.92 Å². The maximum atomic E-state index is 12.4. The van der Waals surface area contributed by atoms with Gasteiger partial charge in [0.2, 0.25) is 0 Å². The van der Waals surface area contributed by atoms with Crippen molar-refractivity contribution in [3.05, 3.63) is 46.5 Å². The summed E-state index contributed by atoms with van der Waals surface area (Å²) in [5.74, 6) is 0.174. The summed E-state index contributed by atoms with van der Waals surface area (Å²) in [6.45, 7) is 8.43. The molecule has 0 aliphatic heterocycles. The molecule has 0 amide bonds. The molecule has 6 nitrogen and oxygen atoms in total. The third-order valence-corrected chi connectivity index (χ3v) is 10.7. The van der Waals surface area contributed by atoms with Crippen molar-refractivity contribution in [1.82, 2.24) is 0 Å². The zero-order valence-corrected chi connectivity index (χ0v) is 21.9. The Morgan fingerprint density at radius 1 is 1.06 bits per heavy atom. The number of carboxylic acids is 1. The van der Waals surface area contributed by atoms with Crippen LogP contribution in [-0.4, -0.2) is 45.4 Å². The van der Waals surface area contributed by atoms with Crippen molar-refractivity contribution in [1.29, 1.82) is 0 Å². The molecule has 0 saturated heterocycles. The lowest BCUT2D eigenvalue weighted by atomic mass is 9.46. The molecular weight excluding hydrogens is 456 g/mol. The third kappa shape index (κ3) is 3.88. The quantitative estimate of drug-likeness (QED) is 0.511. The van der Waals surface area contributed by atoms with E-state index in [0.29, 0.717) is 18.3 Å². The zero-order chi connectivity index (χ0) is 26.0. The van der Waals surface area contributed by atoms with Gasteiger partial charge in [-0.1, -0.05) is 26.0 Å². The van der Waals surface area contributed by atoms with Crippen molar-refractivity contribution >= 4 is 11.8 Å². The Morgan fingerprint density at radius 2 is 1.81 bits per heavy atom. The average molecular weight is 497 g/mol. The zero-order valence-electron chi connectivity index (χ0n) is 21.9. The van der Waals surface area contributed by atoms with Gasteiger partial charge < -0.3 is 20.1 Å². The van der Waals surface area contributed by atoms with E-state index >= 15 is 0 Å². The number of hydrogen-bond donors (Lipinski definition) is 3. The minimum absolute atomic E-state index is 0.0423. The standard InChI is InChI=1S/C30H40O6/c1-16-13-18(28(34)35)5-6-19(16)15-36-27-23-14-25(33)26-21-8-7-20(17(2)31)29(21,3)11-9-22(26)30(23,4)12-10-24(27)32/h5-6,13-14,20-22,24-27,32-33H,7-12,15H2,1-4H3,(H,34,35)/t20-,21?,22?,24+,25?,26?,27?,29-,30-/m1/s1. The second kappa shape index (κ2) is 9.07. The first-order valence-electron chi connectivity index (χ1n) is 13.5. The molecular formula is C30H40O6. The average Bonchev–Trinajstić information content (AvgIpc) is 3.18. The van der Waals surface area contributed by atoms with Gasteiger partial charge >= 0.3 is 5.97 Å². The van der Waals surface area contributed by atoms with Crippen LogP contribution in [0.3, 0.4) is 0 Å². The molecule has 3 fully saturated rings. The van der Waals surface area contributed by atoms with Gasteiger partial charge in [0.25, 0.3) is 0 Å². The van der Waals surface area contributed by atoms with Gasteiger partial charge in [0.1, 0.15) is 11.9 Å². The number of ketones is 1. The lowest BCUT2D eigenvalue weighted by Gasteiger charge is -2.60. The number of aromatic carboxylic acids is 1. The molecule has 0 bridgehead atoms.